The van der Waals surface area contributed by atoms with E-state index in [1.54, 1.807) is 12.1 Å². The van der Waals surface area contributed by atoms with Crippen molar-refractivity contribution in [2.45, 2.75) is 50.6 Å². The number of likely N-dealkylation sites (tertiary alicyclic amines) is 1. The van der Waals surface area contributed by atoms with E-state index in [1.807, 2.05) is 0 Å². The Labute approximate surface area is 280 Å². The van der Waals surface area contributed by atoms with Gasteiger partial charge in [0.05, 0.1) is 19.6 Å². The molecule has 0 aliphatic carbocycles. The van der Waals surface area contributed by atoms with E-state index in [4.69, 9.17) is 9.31 Å². The van der Waals surface area contributed by atoms with E-state index in [2.05, 4.69) is 10.6 Å². The molecule has 1 saturated heterocycles. The van der Waals surface area contributed by atoms with Crippen LogP contribution in [0.1, 0.15) is 50.2 Å². The molecule has 0 radical (unpaired) electrons. The molecular formula is C31H26B2F5N3O9. The predicted octanol–water partition coefficient (Wildman–Crippen LogP) is 0.0328. The van der Waals surface area contributed by atoms with Crippen LogP contribution in [0.2, 0.25) is 0 Å². The van der Waals surface area contributed by atoms with Gasteiger partial charge >= 0.3 is 20.2 Å². The second-order valence-electron chi connectivity index (χ2n) is 12.1. The van der Waals surface area contributed by atoms with E-state index < -0.39 is 104 Å². The van der Waals surface area contributed by atoms with Crippen LogP contribution < -0.4 is 21.6 Å². The molecule has 3 atom stereocenters. The monoisotopic (exact) mass is 701 g/mol. The summed E-state index contributed by atoms with van der Waals surface area (Å²) in [5.41, 5.74) is 0.804. The molecule has 5 N–H and O–H groups in total. The lowest BCUT2D eigenvalue weighted by atomic mass is 9.78. The molecule has 3 amide bonds. The van der Waals surface area contributed by atoms with Crippen LogP contribution in [0.4, 0.5) is 22.0 Å². The van der Waals surface area contributed by atoms with Gasteiger partial charge in [0.2, 0.25) is 11.7 Å². The van der Waals surface area contributed by atoms with Crippen LogP contribution in [-0.4, -0.2) is 82.7 Å². The predicted molar refractivity (Wildman–Crippen MR) is 162 cm³/mol. The number of carbonyl (C=O) groups excluding carboxylic acids is 3. The smallest absolute Gasteiger partial charge is 0.481 e. The Bertz CT molecular complexity index is 1890. The standard InChI is InChI=1S/C31H26B2F5N3O9/c34-24-19(25(35)27(37)28(38)26(24)36)7-17(9-23(42)43)39-30(45)22-8-18(40-29(44)13-1-3-15-11-49-32(47)20(15)5-13)10-41(22)31(46)14-2-4-16-12-50-33(48)21(16)6-14/h1-6,17-18,22,47-48H,7-12H2,(H,39,45)(H,40,44)(H,42,43)/t17-,18-,22+/m1/s1. The fourth-order valence-corrected chi connectivity index (χ4v) is 6.31. The van der Waals surface area contributed by atoms with Crippen molar-refractivity contribution in [1.29, 1.82) is 0 Å². The Kier molecular flexibility index (Phi) is 9.67. The molecule has 3 aromatic rings. The highest BCUT2D eigenvalue weighted by molar-refractivity contribution is 6.62. The molecule has 3 heterocycles. The van der Waals surface area contributed by atoms with Crippen LogP contribution in [0.15, 0.2) is 36.4 Å². The Balaban J connectivity index is 1.27. The molecule has 0 unspecified atom stereocenters. The summed E-state index contributed by atoms with van der Waals surface area (Å²) in [6.45, 7) is -0.0156. The van der Waals surface area contributed by atoms with Crippen LogP contribution in [-0.2, 0) is 38.5 Å². The summed E-state index contributed by atoms with van der Waals surface area (Å²) in [4.78, 5) is 53.5. The average molecular weight is 701 g/mol. The van der Waals surface area contributed by atoms with Gasteiger partial charge in [-0.3, -0.25) is 19.2 Å². The van der Waals surface area contributed by atoms with E-state index in [9.17, 15) is 56.3 Å². The van der Waals surface area contributed by atoms with Crippen LogP contribution >= 0.6 is 0 Å². The van der Waals surface area contributed by atoms with Gasteiger partial charge < -0.3 is 40.0 Å². The first kappa shape index (κ1) is 35.0. The number of halogens is 5. The third kappa shape index (κ3) is 6.68. The lowest BCUT2D eigenvalue weighted by Gasteiger charge is -2.26. The Morgan fingerprint density at radius 2 is 1.38 bits per heavy atom. The number of nitrogens with zero attached hydrogens (tertiary/aromatic N) is 1. The number of hydrogen-bond acceptors (Lipinski definition) is 8. The maximum absolute atomic E-state index is 14.5. The fourth-order valence-electron chi connectivity index (χ4n) is 6.31. The number of benzene rings is 3. The zero-order valence-corrected chi connectivity index (χ0v) is 25.7. The highest BCUT2D eigenvalue weighted by Crippen LogP contribution is 2.26. The van der Waals surface area contributed by atoms with Gasteiger partial charge in [-0.15, -0.1) is 0 Å². The Morgan fingerprint density at radius 1 is 0.840 bits per heavy atom. The molecule has 0 aromatic heterocycles. The van der Waals surface area contributed by atoms with Crippen molar-refractivity contribution in [2.75, 3.05) is 6.54 Å². The van der Waals surface area contributed by atoms with Crippen LogP contribution in [0.5, 0.6) is 0 Å². The van der Waals surface area contributed by atoms with E-state index in [-0.39, 0.29) is 37.3 Å². The van der Waals surface area contributed by atoms with Gasteiger partial charge in [-0.1, -0.05) is 12.1 Å². The van der Waals surface area contributed by atoms with Crippen molar-refractivity contribution in [2.24, 2.45) is 0 Å². The number of hydrogen-bond donors (Lipinski definition) is 5. The largest absolute Gasteiger partial charge is 0.491 e. The molecule has 3 aliphatic rings. The van der Waals surface area contributed by atoms with Crippen molar-refractivity contribution >= 4 is 48.9 Å². The zero-order chi connectivity index (χ0) is 36.0. The average Bonchev–Trinajstić information content (AvgIpc) is 3.80. The maximum atomic E-state index is 14.5. The quantitative estimate of drug-likeness (QED) is 0.0894. The molecule has 6 rings (SSSR count). The minimum Gasteiger partial charge on any atom is -0.481 e. The molecule has 0 spiro atoms. The number of carboxylic acid groups (broad SMARTS) is 1. The summed E-state index contributed by atoms with van der Waals surface area (Å²) < 4.78 is 80.8. The van der Waals surface area contributed by atoms with Gasteiger partial charge in [-0.05, 0) is 59.2 Å². The summed E-state index contributed by atoms with van der Waals surface area (Å²) in [5.74, 6) is -15.3. The van der Waals surface area contributed by atoms with Gasteiger partial charge in [0.1, 0.15) is 6.04 Å². The lowest BCUT2D eigenvalue weighted by Crippen LogP contribution is -2.50. The second kappa shape index (κ2) is 13.8. The number of carbonyl (C=O) groups is 4. The third-order valence-corrected chi connectivity index (χ3v) is 8.84. The van der Waals surface area contributed by atoms with Crippen molar-refractivity contribution in [3.8, 4) is 0 Å². The van der Waals surface area contributed by atoms with Gasteiger partial charge in [0, 0.05) is 35.3 Å². The SMILES string of the molecule is O=C(O)C[C@@H](Cc1c(F)c(F)c(F)c(F)c1F)NC(=O)[C@@H]1C[C@@H](NC(=O)c2ccc3c(c2)B(O)OC3)CN1C(=O)c1ccc2c(c1)B(O)OC2. The highest BCUT2D eigenvalue weighted by Gasteiger charge is 2.42. The van der Waals surface area contributed by atoms with Gasteiger partial charge in [0.25, 0.3) is 11.8 Å². The van der Waals surface area contributed by atoms with Crippen molar-refractivity contribution in [3.63, 3.8) is 0 Å². The van der Waals surface area contributed by atoms with Crippen LogP contribution in [0.25, 0.3) is 0 Å². The van der Waals surface area contributed by atoms with Crippen molar-refractivity contribution in [1.82, 2.24) is 15.5 Å². The van der Waals surface area contributed by atoms with Gasteiger partial charge in [-0.25, -0.2) is 22.0 Å². The van der Waals surface area contributed by atoms with E-state index in [1.165, 1.54) is 24.3 Å². The van der Waals surface area contributed by atoms with Gasteiger partial charge in [-0.2, -0.15) is 0 Å². The van der Waals surface area contributed by atoms with E-state index in [0.717, 1.165) is 4.90 Å². The van der Waals surface area contributed by atoms with E-state index >= 15 is 0 Å². The normalized spacial score (nSPS) is 18.6. The topological polar surface area (TPSA) is 175 Å². The Hall–Kier alpha value is -4.84. The molecule has 0 saturated carbocycles. The zero-order valence-electron chi connectivity index (χ0n) is 25.7. The van der Waals surface area contributed by atoms with Gasteiger partial charge in [0.15, 0.2) is 23.3 Å². The number of carboxylic acids is 1. The number of nitrogens with one attached hydrogen (secondary N) is 2. The minimum atomic E-state index is -2.41. The lowest BCUT2D eigenvalue weighted by molar-refractivity contribution is -0.137. The molecule has 260 valence electrons. The third-order valence-electron chi connectivity index (χ3n) is 8.84. The first-order valence-corrected chi connectivity index (χ1v) is 15.2. The van der Waals surface area contributed by atoms with Crippen LogP contribution in [0, 0.1) is 29.1 Å². The minimum absolute atomic E-state index is 0.0224. The summed E-state index contributed by atoms with van der Waals surface area (Å²) >= 11 is 0. The van der Waals surface area contributed by atoms with Crippen molar-refractivity contribution < 1.29 is 65.6 Å². The van der Waals surface area contributed by atoms with E-state index in [0.29, 0.717) is 22.1 Å². The van der Waals surface area contributed by atoms with Crippen molar-refractivity contribution in [3.05, 3.63) is 93.3 Å². The molecule has 12 nitrogen and oxygen atoms in total. The Morgan fingerprint density at radius 3 is 1.96 bits per heavy atom. The molecule has 50 heavy (non-hydrogen) atoms. The molecular weight excluding hydrogens is 675 g/mol. The summed E-state index contributed by atoms with van der Waals surface area (Å²) in [6, 6.07) is 4.85. The first-order chi connectivity index (χ1) is 23.7. The summed E-state index contributed by atoms with van der Waals surface area (Å²) in [5, 5.41) is 34.6. The molecule has 1 fully saturated rings. The molecule has 3 aromatic carbocycles. The molecule has 0 bridgehead atoms. The number of aliphatic carboxylic acids is 1. The fraction of sp³-hybridized carbons (Fsp3) is 0.290. The number of amides is 3. The summed E-state index contributed by atoms with van der Waals surface area (Å²) in [6.07, 6.45) is -2.34. The molecule has 3 aliphatic heterocycles. The number of rotatable bonds is 9. The second-order valence-corrected chi connectivity index (χ2v) is 12.1. The van der Waals surface area contributed by atoms with Crippen LogP contribution in [0.3, 0.4) is 0 Å². The first-order valence-electron chi connectivity index (χ1n) is 15.2. The maximum Gasteiger partial charge on any atom is 0.491 e. The summed E-state index contributed by atoms with van der Waals surface area (Å²) in [7, 11) is -2.54. The molecule has 19 heteroatoms. The highest BCUT2D eigenvalue weighted by atomic mass is 19.2. The number of fused-ring (bicyclic) bond motifs is 2.